The zero-order valence-electron chi connectivity index (χ0n) is 11.3. The van der Waals surface area contributed by atoms with Gasteiger partial charge in [0.25, 0.3) is 11.6 Å². The zero-order valence-corrected chi connectivity index (χ0v) is 12.1. The second kappa shape index (κ2) is 6.31. The van der Waals surface area contributed by atoms with E-state index in [1.165, 1.54) is 18.2 Å². The molecule has 0 unspecified atom stereocenters. The molecule has 0 aliphatic carbocycles. The molecule has 21 heavy (non-hydrogen) atoms. The highest BCUT2D eigenvalue weighted by molar-refractivity contribution is 7.09. The Bertz CT molecular complexity index is 684. The molecule has 7 nitrogen and oxygen atoms in total. The van der Waals surface area contributed by atoms with Crippen molar-refractivity contribution in [3.63, 3.8) is 0 Å². The molecule has 0 bridgehead atoms. The smallest absolute Gasteiger partial charge is 0.292 e. The van der Waals surface area contributed by atoms with Crippen LogP contribution in [0.5, 0.6) is 0 Å². The fourth-order valence-corrected chi connectivity index (χ4v) is 2.48. The van der Waals surface area contributed by atoms with Gasteiger partial charge in [0, 0.05) is 24.4 Å². The van der Waals surface area contributed by atoms with E-state index in [1.54, 1.807) is 11.3 Å². The number of nitro groups is 1. The van der Waals surface area contributed by atoms with Crippen molar-refractivity contribution < 1.29 is 9.72 Å². The maximum atomic E-state index is 12.0. The highest BCUT2D eigenvalue weighted by Gasteiger charge is 2.18. The Hall–Kier alpha value is -2.48. The number of nitrogens with zero attached hydrogens (tertiary/aromatic N) is 2. The lowest BCUT2D eigenvalue weighted by molar-refractivity contribution is -0.383. The van der Waals surface area contributed by atoms with Gasteiger partial charge in [-0.3, -0.25) is 14.9 Å². The number of nitrogens with one attached hydrogen (secondary N) is 1. The first kappa shape index (κ1) is 14.9. The number of hydrogen-bond donors (Lipinski definition) is 2. The average molecular weight is 306 g/mol. The van der Waals surface area contributed by atoms with Gasteiger partial charge < -0.3 is 11.1 Å². The van der Waals surface area contributed by atoms with Crippen molar-refractivity contribution in [3.05, 3.63) is 50.0 Å². The number of carbonyl (C=O) groups excluding carboxylic acids is 1. The number of carbonyl (C=O) groups is 1. The van der Waals surface area contributed by atoms with Crippen molar-refractivity contribution in [1.29, 1.82) is 0 Å². The Labute approximate surface area is 125 Å². The standard InChI is InChI=1S/C13H14N4O3S/c1-8-16-9(7-21-8)5-6-15-13(18)10-3-2-4-11(12(10)14)17(19)20/h2-4,7H,5-6,14H2,1H3,(H,15,18). The second-order valence-corrected chi connectivity index (χ2v) is 5.42. The molecule has 1 amide bonds. The quantitative estimate of drug-likeness (QED) is 0.498. The summed E-state index contributed by atoms with van der Waals surface area (Å²) in [6, 6.07) is 4.17. The van der Waals surface area contributed by atoms with Crippen molar-refractivity contribution in [1.82, 2.24) is 10.3 Å². The lowest BCUT2D eigenvalue weighted by atomic mass is 10.1. The average Bonchev–Trinajstić information content (AvgIpc) is 2.84. The third-order valence-electron chi connectivity index (χ3n) is 2.86. The number of anilines is 1. The van der Waals surface area contributed by atoms with Crippen molar-refractivity contribution in [3.8, 4) is 0 Å². The normalized spacial score (nSPS) is 10.3. The Morgan fingerprint density at radius 2 is 2.29 bits per heavy atom. The van der Waals surface area contributed by atoms with Crippen LogP contribution in [0.1, 0.15) is 21.1 Å². The third-order valence-corrected chi connectivity index (χ3v) is 3.68. The number of thiazole rings is 1. The van der Waals surface area contributed by atoms with Crippen molar-refractivity contribution in [2.75, 3.05) is 12.3 Å². The van der Waals surface area contributed by atoms with Crippen LogP contribution in [0.15, 0.2) is 23.6 Å². The van der Waals surface area contributed by atoms with Gasteiger partial charge in [0.2, 0.25) is 0 Å². The van der Waals surface area contributed by atoms with Crippen LogP contribution >= 0.6 is 11.3 Å². The lowest BCUT2D eigenvalue weighted by Gasteiger charge is -2.07. The van der Waals surface area contributed by atoms with Crippen LogP contribution < -0.4 is 11.1 Å². The maximum absolute atomic E-state index is 12.0. The van der Waals surface area contributed by atoms with Crippen LogP contribution in [0, 0.1) is 17.0 Å². The highest BCUT2D eigenvalue weighted by Crippen LogP contribution is 2.24. The number of aromatic nitrogens is 1. The third kappa shape index (κ3) is 3.54. The number of amides is 1. The Balaban J connectivity index is 2.00. The van der Waals surface area contributed by atoms with Crippen LogP contribution in [0.2, 0.25) is 0 Å². The molecule has 1 aromatic heterocycles. The second-order valence-electron chi connectivity index (χ2n) is 4.36. The summed E-state index contributed by atoms with van der Waals surface area (Å²) >= 11 is 1.55. The summed E-state index contributed by atoms with van der Waals surface area (Å²) in [5.41, 5.74) is 6.29. The number of benzene rings is 1. The van der Waals surface area contributed by atoms with E-state index >= 15 is 0 Å². The molecule has 3 N–H and O–H groups in total. The van der Waals surface area contributed by atoms with Crippen molar-refractivity contribution in [2.45, 2.75) is 13.3 Å². The van der Waals surface area contributed by atoms with E-state index in [2.05, 4.69) is 10.3 Å². The molecule has 0 atom stereocenters. The van der Waals surface area contributed by atoms with Crippen LogP contribution in [0.4, 0.5) is 11.4 Å². The largest absolute Gasteiger partial charge is 0.393 e. The molecule has 0 saturated heterocycles. The van der Waals surface area contributed by atoms with Gasteiger partial charge in [-0.1, -0.05) is 6.07 Å². The molecule has 0 spiro atoms. The van der Waals surface area contributed by atoms with Gasteiger partial charge >= 0.3 is 0 Å². The Morgan fingerprint density at radius 1 is 1.52 bits per heavy atom. The van der Waals surface area contributed by atoms with Gasteiger partial charge in [-0.25, -0.2) is 4.98 Å². The van der Waals surface area contributed by atoms with E-state index in [4.69, 9.17) is 5.73 Å². The molecule has 110 valence electrons. The molecule has 1 aromatic carbocycles. The van der Waals surface area contributed by atoms with E-state index in [0.29, 0.717) is 13.0 Å². The fraction of sp³-hybridized carbons (Fsp3) is 0.231. The lowest BCUT2D eigenvalue weighted by Crippen LogP contribution is -2.26. The summed E-state index contributed by atoms with van der Waals surface area (Å²) in [4.78, 5) is 26.5. The SMILES string of the molecule is Cc1nc(CCNC(=O)c2cccc([N+](=O)[O-])c2N)cs1. The topological polar surface area (TPSA) is 111 Å². The molecule has 0 aliphatic rings. The minimum atomic E-state index is -0.607. The van der Waals surface area contributed by atoms with Gasteiger partial charge in [-0.05, 0) is 13.0 Å². The number of rotatable bonds is 5. The van der Waals surface area contributed by atoms with Gasteiger partial charge in [0.15, 0.2) is 0 Å². The predicted octanol–water partition coefficient (Wildman–Crippen LogP) is 1.91. The number of nitrogens with two attached hydrogens (primary N) is 1. The molecule has 1 heterocycles. The molecular formula is C13H14N4O3S. The molecule has 0 aliphatic heterocycles. The van der Waals surface area contributed by atoms with Crippen molar-refractivity contribution >= 4 is 28.6 Å². The first-order chi connectivity index (χ1) is 9.99. The first-order valence-corrected chi connectivity index (χ1v) is 7.09. The van der Waals surface area contributed by atoms with E-state index < -0.39 is 10.8 Å². The number of aryl methyl sites for hydroxylation is 1. The fourth-order valence-electron chi connectivity index (χ4n) is 1.83. The van der Waals surface area contributed by atoms with Gasteiger partial charge in [-0.2, -0.15) is 0 Å². The first-order valence-electron chi connectivity index (χ1n) is 6.21. The number of nitro benzene ring substituents is 1. The summed E-state index contributed by atoms with van der Waals surface area (Å²) in [5.74, 6) is -0.428. The summed E-state index contributed by atoms with van der Waals surface area (Å²) < 4.78 is 0. The molecule has 0 radical (unpaired) electrons. The Morgan fingerprint density at radius 3 is 2.90 bits per heavy atom. The molecule has 0 saturated carbocycles. The van der Waals surface area contributed by atoms with Crippen LogP contribution in [0.25, 0.3) is 0 Å². The predicted molar refractivity (Wildman–Crippen MR) is 80.4 cm³/mol. The van der Waals surface area contributed by atoms with Gasteiger partial charge in [0.1, 0.15) is 5.69 Å². The summed E-state index contributed by atoms with van der Waals surface area (Å²) in [6.45, 7) is 2.31. The van der Waals surface area contributed by atoms with E-state index in [9.17, 15) is 14.9 Å². The minimum Gasteiger partial charge on any atom is -0.393 e. The van der Waals surface area contributed by atoms with E-state index in [1.807, 2.05) is 12.3 Å². The maximum Gasteiger partial charge on any atom is 0.292 e. The molecule has 2 aromatic rings. The van der Waals surface area contributed by atoms with E-state index in [0.717, 1.165) is 10.7 Å². The molecular weight excluding hydrogens is 292 g/mol. The highest BCUT2D eigenvalue weighted by atomic mass is 32.1. The van der Waals surface area contributed by atoms with Gasteiger partial charge in [0.05, 0.1) is 21.2 Å². The summed E-state index contributed by atoms with van der Waals surface area (Å²) in [6.07, 6.45) is 0.602. The van der Waals surface area contributed by atoms with Crippen LogP contribution in [-0.2, 0) is 6.42 Å². The number of nitrogen functional groups attached to an aromatic ring is 1. The summed E-state index contributed by atoms with van der Waals surface area (Å²) in [7, 11) is 0. The zero-order chi connectivity index (χ0) is 15.4. The number of hydrogen-bond acceptors (Lipinski definition) is 6. The van der Waals surface area contributed by atoms with E-state index in [-0.39, 0.29) is 16.9 Å². The van der Waals surface area contributed by atoms with Crippen molar-refractivity contribution in [2.24, 2.45) is 0 Å². The van der Waals surface area contributed by atoms with Gasteiger partial charge in [-0.15, -0.1) is 11.3 Å². The van der Waals surface area contributed by atoms with Crippen LogP contribution in [0.3, 0.4) is 0 Å². The minimum absolute atomic E-state index is 0.110. The Kier molecular flexibility index (Phi) is 4.49. The molecule has 2 rings (SSSR count). The monoisotopic (exact) mass is 306 g/mol. The molecule has 8 heteroatoms. The molecule has 0 fully saturated rings. The van der Waals surface area contributed by atoms with Crippen LogP contribution in [-0.4, -0.2) is 22.4 Å². The number of para-hydroxylation sites is 1. The summed E-state index contributed by atoms with van der Waals surface area (Å²) in [5, 5.41) is 16.4.